The van der Waals surface area contributed by atoms with E-state index in [0.717, 1.165) is 5.39 Å². The zero-order valence-electron chi connectivity index (χ0n) is 11.5. The van der Waals surface area contributed by atoms with Gasteiger partial charge in [0, 0.05) is 16.8 Å². The van der Waals surface area contributed by atoms with Crippen LogP contribution in [-0.4, -0.2) is 22.1 Å². The molecule has 2 N–H and O–H groups in total. The van der Waals surface area contributed by atoms with E-state index in [0.29, 0.717) is 11.0 Å². The van der Waals surface area contributed by atoms with Crippen molar-refractivity contribution in [3.8, 4) is 5.75 Å². The molecule has 0 aliphatic heterocycles. The Kier molecular flexibility index (Phi) is 3.00. The van der Waals surface area contributed by atoms with Gasteiger partial charge in [0.1, 0.15) is 5.60 Å². The van der Waals surface area contributed by atoms with E-state index in [2.05, 4.69) is 0 Å². The van der Waals surface area contributed by atoms with Gasteiger partial charge >= 0.3 is 5.63 Å². The lowest BCUT2D eigenvalue weighted by molar-refractivity contribution is -0.149. The highest BCUT2D eigenvalue weighted by molar-refractivity contribution is 5.99. The standard InChI is InChI=1S/C15H14O6/c1-15(2,18)14(17)21-13-11-9(5-6-19-11)7-8-3-4-10(16)20-12(8)13/h3-7,14,17-18H,1-2H3/t14-/m0/s1. The maximum Gasteiger partial charge on any atom is 0.336 e. The second-order valence-electron chi connectivity index (χ2n) is 5.34. The van der Waals surface area contributed by atoms with Crippen LogP contribution in [0.4, 0.5) is 0 Å². The van der Waals surface area contributed by atoms with Crippen molar-refractivity contribution in [3.05, 3.63) is 40.9 Å². The number of ether oxygens (including phenoxy) is 1. The van der Waals surface area contributed by atoms with E-state index in [1.807, 2.05) is 0 Å². The van der Waals surface area contributed by atoms with Gasteiger partial charge in [0.05, 0.1) is 6.26 Å². The average Bonchev–Trinajstić information content (AvgIpc) is 2.85. The minimum atomic E-state index is -1.51. The molecule has 1 aromatic carbocycles. The smallest absolute Gasteiger partial charge is 0.336 e. The van der Waals surface area contributed by atoms with Crippen LogP contribution < -0.4 is 10.4 Å². The second kappa shape index (κ2) is 4.61. The highest BCUT2D eigenvalue weighted by atomic mass is 16.6. The molecule has 0 unspecified atom stereocenters. The van der Waals surface area contributed by atoms with Crippen LogP contribution >= 0.6 is 0 Å². The van der Waals surface area contributed by atoms with Gasteiger partial charge in [0.2, 0.25) is 12.0 Å². The van der Waals surface area contributed by atoms with E-state index in [1.165, 1.54) is 26.2 Å². The molecule has 0 aliphatic carbocycles. The molecule has 0 fully saturated rings. The van der Waals surface area contributed by atoms with E-state index in [4.69, 9.17) is 13.6 Å². The number of fused-ring (bicyclic) bond motifs is 2. The number of aliphatic hydroxyl groups is 2. The Labute approximate surface area is 119 Å². The van der Waals surface area contributed by atoms with E-state index < -0.39 is 17.5 Å². The van der Waals surface area contributed by atoms with Crippen molar-refractivity contribution in [1.82, 2.24) is 0 Å². The molecule has 3 aromatic rings. The van der Waals surface area contributed by atoms with Crippen LogP contribution in [0.2, 0.25) is 0 Å². The van der Waals surface area contributed by atoms with E-state index >= 15 is 0 Å². The molecule has 1 atom stereocenters. The molecule has 0 amide bonds. The van der Waals surface area contributed by atoms with Gasteiger partial charge in [-0.3, -0.25) is 0 Å². The molecule has 0 saturated carbocycles. The summed E-state index contributed by atoms with van der Waals surface area (Å²) in [6, 6.07) is 6.39. The number of furan rings is 1. The van der Waals surface area contributed by atoms with Crippen LogP contribution in [0.25, 0.3) is 21.9 Å². The second-order valence-corrected chi connectivity index (χ2v) is 5.34. The van der Waals surface area contributed by atoms with Crippen LogP contribution in [0.15, 0.2) is 44.2 Å². The van der Waals surface area contributed by atoms with E-state index in [1.54, 1.807) is 18.2 Å². The minimum Gasteiger partial charge on any atom is -0.460 e. The molecule has 6 nitrogen and oxygen atoms in total. The molecular formula is C15H14O6. The zero-order valence-corrected chi connectivity index (χ0v) is 11.5. The monoisotopic (exact) mass is 290 g/mol. The maximum absolute atomic E-state index is 11.4. The number of hydrogen-bond donors (Lipinski definition) is 2. The average molecular weight is 290 g/mol. The van der Waals surface area contributed by atoms with Crippen molar-refractivity contribution in [2.24, 2.45) is 0 Å². The van der Waals surface area contributed by atoms with Gasteiger partial charge < -0.3 is 23.8 Å². The SMILES string of the molecule is CC(C)(O)[C@@H](O)Oc1c2occc2cc2ccc(=O)oc12. The predicted molar refractivity (Wildman–Crippen MR) is 75.2 cm³/mol. The largest absolute Gasteiger partial charge is 0.460 e. The van der Waals surface area contributed by atoms with E-state index in [9.17, 15) is 15.0 Å². The summed E-state index contributed by atoms with van der Waals surface area (Å²) in [5, 5.41) is 21.1. The molecule has 2 heterocycles. The highest BCUT2D eigenvalue weighted by Gasteiger charge is 2.29. The van der Waals surface area contributed by atoms with Crippen molar-refractivity contribution in [1.29, 1.82) is 0 Å². The molecule has 0 saturated heterocycles. The summed E-state index contributed by atoms with van der Waals surface area (Å²) in [7, 11) is 0. The van der Waals surface area contributed by atoms with Gasteiger partial charge in [-0.2, -0.15) is 0 Å². The summed E-state index contributed by atoms with van der Waals surface area (Å²) in [6.45, 7) is 2.80. The Balaban J connectivity index is 2.27. The van der Waals surface area contributed by atoms with Gasteiger partial charge in [-0.1, -0.05) is 0 Å². The fourth-order valence-corrected chi connectivity index (χ4v) is 1.97. The number of benzene rings is 1. The van der Waals surface area contributed by atoms with Crippen molar-refractivity contribution in [3.63, 3.8) is 0 Å². The number of rotatable bonds is 3. The fourth-order valence-electron chi connectivity index (χ4n) is 1.97. The number of hydrogen-bond acceptors (Lipinski definition) is 6. The molecule has 21 heavy (non-hydrogen) atoms. The molecule has 0 aliphatic rings. The summed E-state index contributed by atoms with van der Waals surface area (Å²) in [4.78, 5) is 11.4. The highest BCUT2D eigenvalue weighted by Crippen LogP contribution is 2.36. The third-order valence-electron chi connectivity index (χ3n) is 3.12. The predicted octanol–water partition coefficient (Wildman–Crippen LogP) is 2.01. The molecule has 0 bridgehead atoms. The normalized spacial score (nSPS) is 13.7. The van der Waals surface area contributed by atoms with Crippen LogP contribution in [-0.2, 0) is 0 Å². The Morgan fingerprint density at radius 1 is 1.19 bits per heavy atom. The summed E-state index contributed by atoms with van der Waals surface area (Å²) >= 11 is 0. The third kappa shape index (κ3) is 2.39. The van der Waals surface area contributed by atoms with Gasteiger partial charge in [0.25, 0.3) is 0 Å². The zero-order chi connectivity index (χ0) is 15.2. The molecule has 2 aromatic heterocycles. The lowest BCUT2D eigenvalue weighted by Gasteiger charge is -2.25. The lowest BCUT2D eigenvalue weighted by atomic mass is 10.1. The van der Waals surface area contributed by atoms with Crippen molar-refractivity contribution in [2.75, 3.05) is 0 Å². The molecule has 110 valence electrons. The Morgan fingerprint density at radius 3 is 2.62 bits per heavy atom. The summed E-state index contributed by atoms with van der Waals surface area (Å²) < 4.78 is 15.9. The minimum absolute atomic E-state index is 0.0832. The van der Waals surface area contributed by atoms with Crippen LogP contribution in [0.3, 0.4) is 0 Å². The van der Waals surface area contributed by atoms with Gasteiger partial charge in [-0.15, -0.1) is 0 Å². The summed E-state index contributed by atoms with van der Waals surface area (Å²) in [6.07, 6.45) is -0.0488. The van der Waals surface area contributed by atoms with Crippen molar-refractivity contribution < 1.29 is 23.8 Å². The first-order valence-electron chi connectivity index (χ1n) is 6.37. The Hall–Kier alpha value is -2.31. The van der Waals surface area contributed by atoms with Crippen LogP contribution in [0.5, 0.6) is 5.75 Å². The van der Waals surface area contributed by atoms with Gasteiger partial charge in [0.15, 0.2) is 11.2 Å². The van der Waals surface area contributed by atoms with Gasteiger partial charge in [-0.25, -0.2) is 4.79 Å². The van der Waals surface area contributed by atoms with Crippen LogP contribution in [0, 0.1) is 0 Å². The fraction of sp³-hybridized carbons (Fsp3) is 0.267. The summed E-state index contributed by atoms with van der Waals surface area (Å²) in [5.41, 5.74) is -1.54. The molecule has 3 rings (SSSR count). The van der Waals surface area contributed by atoms with Crippen LogP contribution in [0.1, 0.15) is 13.8 Å². The summed E-state index contributed by atoms with van der Waals surface area (Å²) in [5.74, 6) is 0.0832. The quantitative estimate of drug-likeness (QED) is 0.566. The van der Waals surface area contributed by atoms with Crippen molar-refractivity contribution >= 4 is 21.9 Å². The Morgan fingerprint density at radius 2 is 1.90 bits per heavy atom. The molecule has 0 radical (unpaired) electrons. The number of aliphatic hydroxyl groups excluding tert-OH is 1. The first-order valence-corrected chi connectivity index (χ1v) is 6.37. The molecule has 6 heteroatoms. The van der Waals surface area contributed by atoms with E-state index in [-0.39, 0.29) is 11.3 Å². The Bertz CT molecular complexity index is 852. The maximum atomic E-state index is 11.4. The first-order chi connectivity index (χ1) is 9.86. The van der Waals surface area contributed by atoms with Gasteiger partial charge in [-0.05, 0) is 32.0 Å². The third-order valence-corrected chi connectivity index (χ3v) is 3.12. The van der Waals surface area contributed by atoms with Crippen molar-refractivity contribution in [2.45, 2.75) is 25.7 Å². The topological polar surface area (TPSA) is 93.0 Å². The first kappa shape index (κ1) is 13.7. The molecule has 0 spiro atoms. The molecular weight excluding hydrogens is 276 g/mol. The lowest BCUT2D eigenvalue weighted by Crippen LogP contribution is -2.40.